The predicted molar refractivity (Wildman–Crippen MR) is 154 cm³/mol. The number of nitrogens with zero attached hydrogens (tertiary/aromatic N) is 4. The number of hydrazine groups is 1. The number of hydrogen-bond acceptors (Lipinski definition) is 9. The molecule has 0 bridgehead atoms. The fraction of sp³-hybridized carbons (Fsp3) is 0.222. The van der Waals surface area contributed by atoms with Crippen molar-refractivity contribution in [2.45, 2.75) is 12.8 Å². The normalized spacial score (nSPS) is 14.4. The molecular weight excluding hydrogens is 498 g/mol. The van der Waals surface area contributed by atoms with Crippen LogP contribution in [0.5, 0.6) is 5.75 Å². The van der Waals surface area contributed by atoms with Crippen molar-refractivity contribution in [3.63, 3.8) is 0 Å². The minimum atomic E-state index is 0.328. The first-order valence-corrected chi connectivity index (χ1v) is 13.4. The minimum absolute atomic E-state index is 0.328. The SMILES string of the molecule is NN/N=C(\N)c1ccc2cc(-c3nc(Nc4ccc(OCCN5CCCC5)cc4)nc4[nH]ccc34)sc2c1. The molecule has 11 heteroatoms. The molecule has 194 valence electrons. The summed E-state index contributed by atoms with van der Waals surface area (Å²) >= 11 is 1.64. The van der Waals surface area contributed by atoms with Crippen molar-refractivity contribution in [3.05, 3.63) is 66.4 Å². The maximum atomic E-state index is 6.00. The summed E-state index contributed by atoms with van der Waals surface area (Å²) in [5, 5.41) is 9.27. The molecule has 7 N–H and O–H groups in total. The quantitative estimate of drug-likeness (QED) is 0.0833. The summed E-state index contributed by atoms with van der Waals surface area (Å²) in [7, 11) is 0. The van der Waals surface area contributed by atoms with Gasteiger partial charge in [0.05, 0.1) is 10.6 Å². The van der Waals surface area contributed by atoms with Gasteiger partial charge in [-0.05, 0) is 73.8 Å². The molecule has 3 aromatic heterocycles. The van der Waals surface area contributed by atoms with E-state index >= 15 is 0 Å². The number of nitrogens with two attached hydrogens (primary N) is 2. The molecule has 1 aliphatic rings. The number of likely N-dealkylation sites (tertiary alicyclic amines) is 1. The lowest BCUT2D eigenvalue weighted by atomic mass is 10.1. The first-order chi connectivity index (χ1) is 18.7. The van der Waals surface area contributed by atoms with Crippen LogP contribution in [0.25, 0.3) is 31.7 Å². The molecule has 4 heterocycles. The van der Waals surface area contributed by atoms with E-state index in [1.54, 1.807) is 11.3 Å². The Bertz CT molecular complexity index is 1590. The fourth-order valence-corrected chi connectivity index (χ4v) is 5.79. The molecule has 6 rings (SSSR count). The summed E-state index contributed by atoms with van der Waals surface area (Å²) in [6.45, 7) is 4.02. The van der Waals surface area contributed by atoms with Crippen LogP contribution in [0, 0.1) is 0 Å². The van der Waals surface area contributed by atoms with Gasteiger partial charge in [-0.1, -0.05) is 12.1 Å². The summed E-state index contributed by atoms with van der Waals surface area (Å²) in [4.78, 5) is 16.3. The van der Waals surface area contributed by atoms with E-state index in [0.29, 0.717) is 18.4 Å². The molecule has 0 unspecified atom stereocenters. The molecule has 0 atom stereocenters. The van der Waals surface area contributed by atoms with Gasteiger partial charge in [-0.2, -0.15) is 4.98 Å². The number of anilines is 2. The number of aromatic nitrogens is 3. The van der Waals surface area contributed by atoms with Crippen LogP contribution in [-0.4, -0.2) is 51.9 Å². The molecule has 1 aliphatic heterocycles. The van der Waals surface area contributed by atoms with Gasteiger partial charge < -0.3 is 20.8 Å². The number of amidine groups is 1. The Hall–Kier alpha value is -4.19. The average molecular weight is 528 g/mol. The molecule has 1 saturated heterocycles. The number of rotatable bonds is 9. The number of ether oxygens (including phenoxy) is 1. The second-order valence-electron chi connectivity index (χ2n) is 9.17. The van der Waals surface area contributed by atoms with Gasteiger partial charge in [-0.15, -0.1) is 16.4 Å². The van der Waals surface area contributed by atoms with Crippen molar-refractivity contribution in [1.82, 2.24) is 25.4 Å². The summed E-state index contributed by atoms with van der Waals surface area (Å²) in [6, 6.07) is 18.0. The van der Waals surface area contributed by atoms with Crippen LogP contribution in [0.4, 0.5) is 11.6 Å². The summed E-state index contributed by atoms with van der Waals surface area (Å²) < 4.78 is 7.01. The third-order valence-corrected chi connectivity index (χ3v) is 7.74. The van der Waals surface area contributed by atoms with E-state index in [1.807, 2.05) is 54.7 Å². The standard InChI is InChI=1S/C27H29N9OS/c28-25(34-35-29)18-4-3-17-15-23(38-22(17)16-18)24-21-9-10-30-26(21)33-27(32-24)31-19-5-7-20(8-6-19)37-14-13-36-11-1-2-12-36/h3-10,15-16,35H,1-2,11-14,29H2,(H2,28,34)(H2,30,31,32,33). The molecule has 0 amide bonds. The molecule has 0 saturated carbocycles. The molecule has 0 spiro atoms. The van der Waals surface area contributed by atoms with E-state index < -0.39 is 0 Å². The molecule has 5 aromatic rings. The van der Waals surface area contributed by atoms with Crippen LogP contribution in [0.3, 0.4) is 0 Å². The van der Waals surface area contributed by atoms with E-state index in [-0.39, 0.29) is 0 Å². The maximum Gasteiger partial charge on any atom is 0.229 e. The van der Waals surface area contributed by atoms with Gasteiger partial charge in [-0.25, -0.2) is 16.4 Å². The van der Waals surface area contributed by atoms with E-state index in [9.17, 15) is 0 Å². The van der Waals surface area contributed by atoms with Crippen molar-refractivity contribution in [3.8, 4) is 16.3 Å². The molecule has 1 fully saturated rings. The average Bonchev–Trinajstić information content (AvgIpc) is 3.70. The second kappa shape index (κ2) is 10.7. The third kappa shape index (κ3) is 5.12. The molecule has 2 aromatic carbocycles. The number of H-pyrrole nitrogens is 1. The number of hydrazone groups is 1. The van der Waals surface area contributed by atoms with Gasteiger partial charge >= 0.3 is 0 Å². The van der Waals surface area contributed by atoms with Crippen LogP contribution in [0.15, 0.2) is 65.9 Å². The van der Waals surface area contributed by atoms with Crippen LogP contribution < -0.4 is 27.2 Å². The van der Waals surface area contributed by atoms with Crippen LogP contribution in [-0.2, 0) is 0 Å². The smallest absolute Gasteiger partial charge is 0.229 e. The van der Waals surface area contributed by atoms with Gasteiger partial charge in [0.15, 0.2) is 5.84 Å². The Labute approximate surface area is 223 Å². The number of fused-ring (bicyclic) bond motifs is 2. The fourth-order valence-electron chi connectivity index (χ4n) is 4.69. The highest BCUT2D eigenvalue weighted by Gasteiger charge is 2.15. The van der Waals surface area contributed by atoms with Crippen molar-refractivity contribution in [1.29, 1.82) is 0 Å². The lowest BCUT2D eigenvalue weighted by Gasteiger charge is -2.15. The Morgan fingerprint density at radius 3 is 2.74 bits per heavy atom. The monoisotopic (exact) mass is 527 g/mol. The lowest BCUT2D eigenvalue weighted by molar-refractivity contribution is 0.238. The number of aromatic amines is 1. The van der Waals surface area contributed by atoms with Crippen LogP contribution in [0.1, 0.15) is 18.4 Å². The largest absolute Gasteiger partial charge is 0.492 e. The Kier molecular flexibility index (Phi) is 6.78. The first-order valence-electron chi connectivity index (χ1n) is 12.6. The molecule has 10 nitrogen and oxygen atoms in total. The van der Waals surface area contributed by atoms with E-state index in [0.717, 1.165) is 55.2 Å². The highest BCUT2D eigenvalue weighted by molar-refractivity contribution is 7.22. The summed E-state index contributed by atoms with van der Waals surface area (Å²) in [5.41, 5.74) is 11.5. The number of benzene rings is 2. The zero-order chi connectivity index (χ0) is 25.9. The zero-order valence-corrected chi connectivity index (χ0v) is 21.6. The highest BCUT2D eigenvalue weighted by atomic mass is 32.1. The zero-order valence-electron chi connectivity index (χ0n) is 20.8. The molecular formula is C27H29N9OS. The van der Waals surface area contributed by atoms with E-state index in [2.05, 4.69) is 36.9 Å². The lowest BCUT2D eigenvalue weighted by Crippen LogP contribution is -2.25. The predicted octanol–water partition coefficient (Wildman–Crippen LogP) is 4.14. The maximum absolute atomic E-state index is 6.00. The van der Waals surface area contributed by atoms with Gasteiger partial charge in [0.1, 0.15) is 18.0 Å². The van der Waals surface area contributed by atoms with Crippen molar-refractivity contribution in [2.75, 3.05) is 31.6 Å². The molecule has 38 heavy (non-hydrogen) atoms. The highest BCUT2D eigenvalue weighted by Crippen LogP contribution is 2.37. The van der Waals surface area contributed by atoms with Crippen LogP contribution >= 0.6 is 11.3 Å². The third-order valence-electron chi connectivity index (χ3n) is 6.64. The topological polar surface area (TPSA) is 142 Å². The second-order valence-corrected chi connectivity index (χ2v) is 10.3. The Morgan fingerprint density at radius 1 is 1.08 bits per heavy atom. The van der Waals surface area contributed by atoms with Crippen molar-refractivity contribution < 1.29 is 4.74 Å². The Morgan fingerprint density at radius 2 is 1.92 bits per heavy atom. The molecule has 0 aliphatic carbocycles. The number of thiophene rings is 1. The number of hydrogen-bond donors (Lipinski definition) is 5. The van der Waals surface area contributed by atoms with Crippen molar-refractivity contribution >= 4 is 49.9 Å². The minimum Gasteiger partial charge on any atom is -0.492 e. The van der Waals surface area contributed by atoms with E-state index in [1.165, 1.54) is 25.9 Å². The summed E-state index contributed by atoms with van der Waals surface area (Å²) in [6.07, 6.45) is 4.46. The van der Waals surface area contributed by atoms with E-state index in [4.69, 9.17) is 21.3 Å². The van der Waals surface area contributed by atoms with Gasteiger partial charge in [-0.3, -0.25) is 4.90 Å². The van der Waals surface area contributed by atoms with Gasteiger partial charge in [0.2, 0.25) is 5.95 Å². The number of nitrogens with one attached hydrogen (secondary N) is 3. The van der Waals surface area contributed by atoms with Crippen molar-refractivity contribution in [2.24, 2.45) is 16.7 Å². The molecule has 0 radical (unpaired) electrons. The van der Waals surface area contributed by atoms with Crippen LogP contribution in [0.2, 0.25) is 0 Å². The summed E-state index contributed by atoms with van der Waals surface area (Å²) in [5.74, 6) is 6.97. The Balaban J connectivity index is 1.22. The first kappa shape index (κ1) is 24.2. The van der Waals surface area contributed by atoms with Gasteiger partial charge in [0, 0.05) is 34.1 Å². The van der Waals surface area contributed by atoms with Gasteiger partial charge in [0.25, 0.3) is 0 Å².